The third-order valence-corrected chi connectivity index (χ3v) is 6.37. The highest BCUT2D eigenvalue weighted by molar-refractivity contribution is 5.79. The second kappa shape index (κ2) is 11.1. The van der Waals surface area contributed by atoms with E-state index >= 15 is 0 Å². The van der Waals surface area contributed by atoms with Gasteiger partial charge in [-0.05, 0) is 44.9 Å². The van der Waals surface area contributed by atoms with E-state index in [-0.39, 0.29) is 24.2 Å². The summed E-state index contributed by atoms with van der Waals surface area (Å²) in [6.45, 7) is 8.36. The fraction of sp³-hybridized carbons (Fsp3) is 0.321. The molecule has 0 aliphatic rings. The van der Waals surface area contributed by atoms with Crippen LogP contribution in [0.3, 0.4) is 0 Å². The van der Waals surface area contributed by atoms with E-state index in [1.807, 2.05) is 61.9 Å². The molecule has 4 heterocycles. The van der Waals surface area contributed by atoms with Crippen LogP contribution >= 0.6 is 0 Å². The first-order valence-electron chi connectivity index (χ1n) is 13.0. The highest BCUT2D eigenvalue weighted by Crippen LogP contribution is 2.32. The van der Waals surface area contributed by atoms with Gasteiger partial charge in [0, 0.05) is 24.8 Å². The Kier molecular flexibility index (Phi) is 7.42. The molecular weight excluding hydrogens is 496 g/mol. The Bertz CT molecular complexity index is 1640. The molecule has 1 atom stereocenters. The molecule has 0 saturated heterocycles. The maximum absolute atomic E-state index is 13.0. The minimum atomic E-state index is -0.377. The first-order valence-corrected chi connectivity index (χ1v) is 13.0. The predicted molar refractivity (Wildman–Crippen MR) is 150 cm³/mol. The normalized spacial score (nSPS) is 12.3. The van der Waals surface area contributed by atoms with Crippen molar-refractivity contribution in [1.29, 1.82) is 0 Å². The van der Waals surface area contributed by atoms with Gasteiger partial charge in [0.2, 0.25) is 0 Å². The summed E-state index contributed by atoms with van der Waals surface area (Å²) in [5.74, 6) is 1.88. The molecule has 1 aromatic carbocycles. The summed E-state index contributed by atoms with van der Waals surface area (Å²) in [7, 11) is 0. The smallest absolute Gasteiger partial charge is 0.276 e. The maximum atomic E-state index is 13.0. The van der Waals surface area contributed by atoms with Gasteiger partial charge in [0.25, 0.3) is 11.4 Å². The van der Waals surface area contributed by atoms with Crippen molar-refractivity contribution in [1.82, 2.24) is 29.5 Å². The molecule has 5 aromatic rings. The average molecular weight is 529 g/mol. The molecule has 3 N–H and O–H groups in total. The number of aromatic nitrogens is 6. The number of anilines is 3. The van der Waals surface area contributed by atoms with Crippen LogP contribution < -0.4 is 16.2 Å². The lowest BCUT2D eigenvalue weighted by atomic mass is 10.1. The van der Waals surface area contributed by atoms with Crippen molar-refractivity contribution in [2.24, 2.45) is 0 Å². The second-order valence-corrected chi connectivity index (χ2v) is 9.61. The third kappa shape index (κ3) is 5.26. The van der Waals surface area contributed by atoms with E-state index in [1.54, 1.807) is 29.9 Å². The van der Waals surface area contributed by atoms with Gasteiger partial charge in [-0.25, -0.2) is 14.6 Å². The summed E-state index contributed by atoms with van der Waals surface area (Å²) in [5.41, 5.74) is 2.75. The SMILES string of the molecule is CCCn1c(=O)c2ccc(Nc3cc(N[C@H](CO)c4ccccc4)c(-c4nc(C)no4)cn3)nc2n1C(C)C. The molecule has 5 rings (SSSR count). The minimum Gasteiger partial charge on any atom is -0.394 e. The molecule has 0 aliphatic heterocycles. The number of hydrogen-bond donors (Lipinski definition) is 3. The summed E-state index contributed by atoms with van der Waals surface area (Å²) in [5, 5.41) is 21.3. The zero-order valence-corrected chi connectivity index (χ0v) is 22.4. The summed E-state index contributed by atoms with van der Waals surface area (Å²) < 4.78 is 9.12. The Balaban J connectivity index is 1.53. The number of nitrogens with one attached hydrogen (secondary N) is 2. The first-order chi connectivity index (χ1) is 18.9. The number of aliphatic hydroxyl groups excluding tert-OH is 1. The van der Waals surface area contributed by atoms with Crippen molar-refractivity contribution in [3.05, 3.63) is 76.5 Å². The van der Waals surface area contributed by atoms with E-state index in [0.29, 0.717) is 52.2 Å². The van der Waals surface area contributed by atoms with Crippen molar-refractivity contribution in [3.63, 3.8) is 0 Å². The molecule has 0 aliphatic carbocycles. The minimum absolute atomic E-state index is 0.0422. The summed E-state index contributed by atoms with van der Waals surface area (Å²) in [6.07, 6.45) is 2.48. The van der Waals surface area contributed by atoms with E-state index in [1.165, 1.54) is 0 Å². The Morgan fingerprint density at radius 2 is 1.87 bits per heavy atom. The van der Waals surface area contributed by atoms with E-state index in [9.17, 15) is 9.90 Å². The number of nitrogens with zero attached hydrogens (tertiary/aromatic N) is 6. The fourth-order valence-corrected chi connectivity index (χ4v) is 4.61. The van der Waals surface area contributed by atoms with E-state index in [4.69, 9.17) is 9.51 Å². The predicted octanol–water partition coefficient (Wildman–Crippen LogP) is 4.83. The third-order valence-electron chi connectivity index (χ3n) is 6.37. The zero-order chi connectivity index (χ0) is 27.5. The zero-order valence-electron chi connectivity index (χ0n) is 22.4. The van der Waals surface area contributed by atoms with Gasteiger partial charge in [0.05, 0.1) is 29.3 Å². The number of rotatable bonds is 10. The molecule has 0 unspecified atom stereocenters. The topological polar surface area (TPSA) is 136 Å². The molecule has 11 nitrogen and oxygen atoms in total. The molecule has 39 heavy (non-hydrogen) atoms. The van der Waals surface area contributed by atoms with Crippen molar-refractivity contribution in [2.45, 2.75) is 52.7 Å². The van der Waals surface area contributed by atoms with Crippen LogP contribution in [0.4, 0.5) is 17.3 Å². The summed E-state index contributed by atoms with van der Waals surface area (Å²) in [4.78, 5) is 26.7. The highest BCUT2D eigenvalue weighted by Gasteiger charge is 2.20. The van der Waals surface area contributed by atoms with Crippen LogP contribution in [-0.2, 0) is 6.54 Å². The first kappa shape index (κ1) is 26.1. The number of pyridine rings is 2. The van der Waals surface area contributed by atoms with Gasteiger partial charge in [-0.2, -0.15) is 4.98 Å². The van der Waals surface area contributed by atoms with Crippen molar-refractivity contribution in [2.75, 3.05) is 17.2 Å². The summed E-state index contributed by atoms with van der Waals surface area (Å²) >= 11 is 0. The van der Waals surface area contributed by atoms with Gasteiger partial charge < -0.3 is 20.3 Å². The van der Waals surface area contributed by atoms with Crippen LogP contribution in [0.1, 0.15) is 50.7 Å². The molecule has 202 valence electrons. The number of benzene rings is 1. The van der Waals surface area contributed by atoms with Crippen molar-refractivity contribution < 1.29 is 9.63 Å². The molecule has 0 fully saturated rings. The van der Waals surface area contributed by atoms with Gasteiger partial charge >= 0.3 is 0 Å². The highest BCUT2D eigenvalue weighted by atomic mass is 16.5. The molecule has 0 bridgehead atoms. The molecule has 0 saturated carbocycles. The van der Waals surface area contributed by atoms with Gasteiger partial charge in [-0.1, -0.05) is 42.4 Å². The lowest BCUT2D eigenvalue weighted by molar-refractivity contribution is 0.276. The van der Waals surface area contributed by atoms with Crippen LogP contribution in [0.15, 0.2) is 64.0 Å². The molecule has 11 heteroatoms. The maximum Gasteiger partial charge on any atom is 0.276 e. The van der Waals surface area contributed by atoms with Gasteiger partial charge in [0.1, 0.15) is 11.6 Å². The van der Waals surface area contributed by atoms with E-state index in [2.05, 4.69) is 25.8 Å². The van der Waals surface area contributed by atoms with Crippen LogP contribution in [0.25, 0.3) is 22.5 Å². The fourth-order valence-electron chi connectivity index (χ4n) is 4.61. The molecule has 0 radical (unpaired) electrons. The Hall–Kier alpha value is -4.51. The average Bonchev–Trinajstić information content (AvgIpc) is 3.48. The Morgan fingerprint density at radius 1 is 1.08 bits per heavy atom. The van der Waals surface area contributed by atoms with Crippen LogP contribution in [-0.4, -0.2) is 41.2 Å². The van der Waals surface area contributed by atoms with Gasteiger partial charge in [-0.3, -0.25) is 9.48 Å². The van der Waals surface area contributed by atoms with Crippen LogP contribution in [0.5, 0.6) is 0 Å². The van der Waals surface area contributed by atoms with Gasteiger partial charge in [-0.15, -0.1) is 0 Å². The number of fused-ring (bicyclic) bond motifs is 1. The Labute approximate surface area is 225 Å². The number of hydrogen-bond acceptors (Lipinski definition) is 9. The number of aliphatic hydroxyl groups is 1. The second-order valence-electron chi connectivity index (χ2n) is 9.61. The lowest BCUT2D eigenvalue weighted by Gasteiger charge is -2.20. The van der Waals surface area contributed by atoms with E-state index in [0.717, 1.165) is 12.0 Å². The number of aryl methyl sites for hydroxylation is 1. The molecule has 0 spiro atoms. The van der Waals surface area contributed by atoms with Crippen molar-refractivity contribution >= 4 is 28.4 Å². The van der Waals surface area contributed by atoms with Gasteiger partial charge in [0.15, 0.2) is 11.5 Å². The molecule has 0 amide bonds. The standard InChI is InChI=1S/C28H32N8O3/c1-5-13-35-28(38)20-11-12-24(33-26(20)36(35)17(2)3)32-25-14-22(21(15-29-25)27-30-18(4)34-39-27)31-23(16-37)19-9-7-6-8-10-19/h6-12,14-15,17,23,37H,5,13,16H2,1-4H3,(H2,29,31,32,33)/t23-/m1/s1. The summed E-state index contributed by atoms with van der Waals surface area (Å²) in [6, 6.07) is 14.7. The largest absolute Gasteiger partial charge is 0.394 e. The Morgan fingerprint density at radius 3 is 2.54 bits per heavy atom. The van der Waals surface area contributed by atoms with Crippen LogP contribution in [0, 0.1) is 6.92 Å². The molecular formula is C28H32N8O3. The van der Waals surface area contributed by atoms with E-state index < -0.39 is 0 Å². The van der Waals surface area contributed by atoms with Crippen molar-refractivity contribution in [3.8, 4) is 11.5 Å². The quantitative estimate of drug-likeness (QED) is 0.233. The monoisotopic (exact) mass is 528 g/mol. The molecule has 4 aromatic heterocycles. The van der Waals surface area contributed by atoms with Crippen LogP contribution in [0.2, 0.25) is 0 Å². The lowest BCUT2D eigenvalue weighted by Crippen LogP contribution is -2.24.